The molecular formula is C27H42N2O2. The van der Waals surface area contributed by atoms with Gasteiger partial charge >= 0.3 is 0 Å². The van der Waals surface area contributed by atoms with Gasteiger partial charge in [0.05, 0.1) is 12.2 Å². The first-order valence-electron chi connectivity index (χ1n) is 11.6. The van der Waals surface area contributed by atoms with E-state index in [9.17, 15) is 10.2 Å². The summed E-state index contributed by atoms with van der Waals surface area (Å²) in [5.74, 6) is 1.38. The Kier molecular flexibility index (Phi) is 8.96. The fraction of sp³-hybridized carbons (Fsp3) is 0.556. The number of benzene rings is 2. The molecule has 6 N–H and O–H groups in total. The number of aliphatic hydroxyl groups is 2. The highest BCUT2D eigenvalue weighted by atomic mass is 16.3. The summed E-state index contributed by atoms with van der Waals surface area (Å²) in [6.45, 7) is 12.8. The maximum atomic E-state index is 10.7. The van der Waals surface area contributed by atoms with Crippen molar-refractivity contribution in [3.8, 4) is 0 Å². The van der Waals surface area contributed by atoms with Crippen molar-refractivity contribution in [2.24, 2.45) is 17.8 Å². The third kappa shape index (κ3) is 6.98. The molecule has 172 valence electrons. The van der Waals surface area contributed by atoms with Crippen LogP contribution >= 0.6 is 0 Å². The van der Waals surface area contributed by atoms with E-state index >= 15 is 0 Å². The monoisotopic (exact) mass is 426 g/mol. The molecule has 0 radical (unpaired) electrons. The highest BCUT2D eigenvalue weighted by Crippen LogP contribution is 2.37. The summed E-state index contributed by atoms with van der Waals surface area (Å²) in [6.07, 6.45) is 1.16. The van der Waals surface area contributed by atoms with Gasteiger partial charge in [0, 0.05) is 28.4 Å². The average molecular weight is 427 g/mol. The first kappa shape index (κ1) is 25.2. The summed E-state index contributed by atoms with van der Waals surface area (Å²) in [6, 6.07) is 12.1. The van der Waals surface area contributed by atoms with Crippen LogP contribution in [0.4, 0.5) is 11.4 Å². The van der Waals surface area contributed by atoms with E-state index in [1.165, 1.54) is 0 Å². The number of nitrogens with two attached hydrogens (primary N) is 2. The molecule has 0 saturated heterocycles. The van der Waals surface area contributed by atoms with Crippen molar-refractivity contribution in [2.75, 3.05) is 11.5 Å². The highest BCUT2D eigenvalue weighted by Gasteiger charge is 2.22. The van der Waals surface area contributed by atoms with E-state index in [2.05, 4.69) is 65.8 Å². The second-order valence-corrected chi connectivity index (χ2v) is 10.2. The van der Waals surface area contributed by atoms with Crippen LogP contribution in [0.5, 0.6) is 0 Å². The second kappa shape index (κ2) is 11.0. The molecule has 2 aromatic rings. The third-order valence-electron chi connectivity index (χ3n) is 5.84. The zero-order valence-corrected chi connectivity index (χ0v) is 20.1. The molecule has 4 heteroatoms. The van der Waals surface area contributed by atoms with Crippen molar-refractivity contribution in [3.63, 3.8) is 0 Å². The quantitative estimate of drug-likeness (QED) is 0.341. The van der Waals surface area contributed by atoms with E-state index in [1.807, 2.05) is 12.1 Å². The largest absolute Gasteiger partial charge is 0.398 e. The highest BCUT2D eigenvalue weighted by molar-refractivity contribution is 5.54. The summed E-state index contributed by atoms with van der Waals surface area (Å²) < 4.78 is 0. The van der Waals surface area contributed by atoms with Crippen molar-refractivity contribution < 1.29 is 10.2 Å². The lowest BCUT2D eigenvalue weighted by atomic mass is 9.82. The number of aliphatic hydroxyl groups excluding tert-OH is 2. The van der Waals surface area contributed by atoms with E-state index in [-0.39, 0.29) is 5.92 Å². The standard InChI is InChI=1S/C27H42N2O2/c1-16(2)11-21(19-7-9-24(28)22(14-19)26(30)12-17(3)4)20-8-10-25(29)23(15-20)27(31)13-18(5)6/h7-10,14-18,21,26-27,30-31H,11-13,28-29H2,1-6H3. The van der Waals surface area contributed by atoms with Crippen LogP contribution < -0.4 is 11.5 Å². The maximum Gasteiger partial charge on any atom is 0.0812 e. The summed E-state index contributed by atoms with van der Waals surface area (Å²) in [4.78, 5) is 0. The molecule has 0 saturated carbocycles. The lowest BCUT2D eigenvalue weighted by molar-refractivity contribution is 0.151. The van der Waals surface area contributed by atoms with Crippen molar-refractivity contribution >= 4 is 11.4 Å². The zero-order valence-electron chi connectivity index (χ0n) is 20.1. The van der Waals surface area contributed by atoms with Crippen LogP contribution in [0, 0.1) is 17.8 Å². The predicted octanol–water partition coefficient (Wildman–Crippen LogP) is 6.19. The average Bonchev–Trinajstić information content (AvgIpc) is 2.65. The van der Waals surface area contributed by atoms with Crippen LogP contribution in [0.2, 0.25) is 0 Å². The van der Waals surface area contributed by atoms with Crippen LogP contribution in [-0.4, -0.2) is 10.2 Å². The lowest BCUT2D eigenvalue weighted by Crippen LogP contribution is -2.11. The van der Waals surface area contributed by atoms with Gasteiger partial charge in [-0.15, -0.1) is 0 Å². The lowest BCUT2D eigenvalue weighted by Gasteiger charge is -2.25. The topological polar surface area (TPSA) is 92.5 Å². The van der Waals surface area contributed by atoms with Crippen molar-refractivity contribution in [2.45, 2.75) is 78.9 Å². The smallest absolute Gasteiger partial charge is 0.0812 e. The maximum absolute atomic E-state index is 10.7. The molecule has 0 aliphatic carbocycles. The molecule has 31 heavy (non-hydrogen) atoms. The predicted molar refractivity (Wildman–Crippen MR) is 132 cm³/mol. The molecule has 0 aromatic heterocycles. The number of hydrogen-bond donors (Lipinski definition) is 4. The van der Waals surface area contributed by atoms with Gasteiger partial charge < -0.3 is 21.7 Å². The van der Waals surface area contributed by atoms with Gasteiger partial charge in [0.2, 0.25) is 0 Å². The molecule has 0 heterocycles. The number of rotatable bonds is 10. The van der Waals surface area contributed by atoms with Crippen LogP contribution in [0.15, 0.2) is 36.4 Å². The SMILES string of the molecule is CC(C)CC(O)c1cc(C(CC(C)C)c2ccc(N)c(C(O)CC(C)C)c2)ccc1N. The Labute approximate surface area is 188 Å². The second-order valence-electron chi connectivity index (χ2n) is 10.2. The van der Waals surface area contributed by atoms with Crippen LogP contribution in [-0.2, 0) is 0 Å². The number of nitrogen functional groups attached to an aromatic ring is 2. The molecule has 2 atom stereocenters. The Bertz CT molecular complexity index is 780. The molecule has 0 aliphatic rings. The Morgan fingerprint density at radius 1 is 0.613 bits per heavy atom. The Hall–Kier alpha value is -2.04. The van der Waals surface area contributed by atoms with Crippen LogP contribution in [0.1, 0.15) is 101 Å². The van der Waals surface area contributed by atoms with Crippen LogP contribution in [0.25, 0.3) is 0 Å². The van der Waals surface area contributed by atoms with Gasteiger partial charge in [-0.25, -0.2) is 0 Å². The van der Waals surface area contributed by atoms with Gasteiger partial charge in [0.1, 0.15) is 0 Å². The number of hydrogen-bond acceptors (Lipinski definition) is 4. The molecule has 2 unspecified atom stereocenters. The van der Waals surface area contributed by atoms with Gasteiger partial charge in [-0.3, -0.25) is 0 Å². The van der Waals surface area contributed by atoms with E-state index in [0.717, 1.165) is 28.7 Å². The van der Waals surface area contributed by atoms with Crippen molar-refractivity contribution in [3.05, 3.63) is 58.7 Å². The van der Waals surface area contributed by atoms with Gasteiger partial charge in [0.25, 0.3) is 0 Å². The van der Waals surface area contributed by atoms with Gasteiger partial charge in [-0.2, -0.15) is 0 Å². The minimum absolute atomic E-state index is 0.135. The molecular weight excluding hydrogens is 384 g/mol. The van der Waals surface area contributed by atoms with E-state index in [1.54, 1.807) is 0 Å². The molecule has 0 fully saturated rings. The zero-order chi connectivity index (χ0) is 23.3. The molecule has 0 spiro atoms. The molecule has 2 aromatic carbocycles. The van der Waals surface area contributed by atoms with E-state index in [0.29, 0.717) is 42.0 Å². The first-order valence-corrected chi connectivity index (χ1v) is 11.6. The molecule has 0 bridgehead atoms. The minimum atomic E-state index is -0.575. The fourth-order valence-electron chi connectivity index (χ4n) is 4.28. The molecule has 4 nitrogen and oxygen atoms in total. The van der Waals surface area contributed by atoms with E-state index < -0.39 is 12.2 Å². The Morgan fingerprint density at radius 3 is 1.29 bits per heavy atom. The summed E-state index contributed by atoms with van der Waals surface area (Å²) in [7, 11) is 0. The summed E-state index contributed by atoms with van der Waals surface area (Å²) in [5, 5.41) is 21.5. The first-order chi connectivity index (χ1) is 14.5. The van der Waals surface area contributed by atoms with E-state index in [4.69, 9.17) is 11.5 Å². The molecule has 2 rings (SSSR count). The minimum Gasteiger partial charge on any atom is -0.398 e. The third-order valence-corrected chi connectivity index (χ3v) is 5.84. The van der Waals surface area contributed by atoms with Gasteiger partial charge in [0.15, 0.2) is 0 Å². The number of anilines is 2. The van der Waals surface area contributed by atoms with Gasteiger partial charge in [-0.05, 0) is 60.3 Å². The van der Waals surface area contributed by atoms with Crippen molar-refractivity contribution in [1.82, 2.24) is 0 Å². The summed E-state index contributed by atoms with van der Waals surface area (Å²) in [5.41, 5.74) is 17.6. The van der Waals surface area contributed by atoms with Crippen LogP contribution in [0.3, 0.4) is 0 Å². The fourth-order valence-corrected chi connectivity index (χ4v) is 4.28. The normalized spacial score (nSPS) is 14.9. The van der Waals surface area contributed by atoms with Crippen molar-refractivity contribution in [1.29, 1.82) is 0 Å². The Balaban J connectivity index is 2.50. The molecule has 0 amide bonds. The Morgan fingerprint density at radius 2 is 0.968 bits per heavy atom. The van der Waals surface area contributed by atoms with Gasteiger partial charge in [-0.1, -0.05) is 65.8 Å². The molecule has 0 aliphatic heterocycles. The summed E-state index contributed by atoms with van der Waals surface area (Å²) >= 11 is 0.